The molecule has 2 atom stereocenters. The summed E-state index contributed by atoms with van der Waals surface area (Å²) in [6, 6.07) is 0.589. The maximum absolute atomic E-state index is 11.9. The van der Waals surface area contributed by atoms with Crippen LogP contribution in [0.25, 0.3) is 0 Å². The van der Waals surface area contributed by atoms with E-state index in [1.165, 1.54) is 38.8 Å². The number of nitrogens with zero attached hydrogens (tertiary/aromatic N) is 1. The van der Waals surface area contributed by atoms with Crippen molar-refractivity contribution in [1.29, 1.82) is 0 Å². The number of hydrogen-bond acceptors (Lipinski definition) is 2. The first-order valence-corrected chi connectivity index (χ1v) is 7.53. The molecule has 0 radical (unpaired) electrons. The van der Waals surface area contributed by atoms with Crippen molar-refractivity contribution in [3.63, 3.8) is 0 Å². The van der Waals surface area contributed by atoms with Gasteiger partial charge in [0.05, 0.1) is 0 Å². The molecule has 0 spiro atoms. The molecular weight excluding hydrogens is 210 g/mol. The monoisotopic (exact) mass is 237 g/mol. The molecule has 0 bridgehead atoms. The minimum Gasteiger partial charge on any atom is -0.299 e. The minimum absolute atomic E-state index is 0.381. The van der Waals surface area contributed by atoms with Crippen molar-refractivity contribution < 1.29 is 4.79 Å². The van der Waals surface area contributed by atoms with Crippen LogP contribution in [0.5, 0.6) is 0 Å². The first kappa shape index (κ1) is 13.1. The Morgan fingerprint density at radius 1 is 1.24 bits per heavy atom. The molecule has 1 aliphatic carbocycles. The van der Waals surface area contributed by atoms with E-state index in [0.717, 1.165) is 25.2 Å². The van der Waals surface area contributed by atoms with Gasteiger partial charge in [-0.25, -0.2) is 0 Å². The lowest BCUT2D eigenvalue weighted by atomic mass is 9.94. The van der Waals surface area contributed by atoms with Crippen LogP contribution in [-0.4, -0.2) is 29.8 Å². The Hall–Kier alpha value is -0.370. The van der Waals surface area contributed by atoms with Gasteiger partial charge in [-0.05, 0) is 38.1 Å². The number of Topliss-reactive ketones (excluding diaryl/α,β-unsaturated/α-hetero) is 1. The molecule has 0 amide bonds. The second-order valence-electron chi connectivity index (χ2n) is 5.85. The van der Waals surface area contributed by atoms with Crippen LogP contribution < -0.4 is 0 Å². The minimum atomic E-state index is 0.381. The molecule has 2 aliphatic rings. The first-order valence-electron chi connectivity index (χ1n) is 7.53. The standard InChI is InChI=1S/C15H27NO/c1-3-12(4-2)11-16-10-6-8-14(16)13-7-5-9-15(13)17/h12-14H,3-11H2,1-2H3. The van der Waals surface area contributed by atoms with E-state index < -0.39 is 0 Å². The third-order valence-corrected chi connectivity index (χ3v) is 4.88. The van der Waals surface area contributed by atoms with E-state index in [4.69, 9.17) is 0 Å². The van der Waals surface area contributed by atoms with E-state index in [9.17, 15) is 4.79 Å². The van der Waals surface area contributed by atoms with Crippen molar-refractivity contribution in [3.05, 3.63) is 0 Å². The summed E-state index contributed by atoms with van der Waals surface area (Å²) in [4.78, 5) is 14.5. The number of ketones is 1. The van der Waals surface area contributed by atoms with Gasteiger partial charge in [0.25, 0.3) is 0 Å². The number of hydrogen-bond donors (Lipinski definition) is 0. The van der Waals surface area contributed by atoms with Gasteiger partial charge in [0, 0.05) is 24.9 Å². The smallest absolute Gasteiger partial charge is 0.137 e. The summed E-state index contributed by atoms with van der Waals surface area (Å²) >= 11 is 0. The topological polar surface area (TPSA) is 20.3 Å². The molecule has 98 valence electrons. The zero-order valence-corrected chi connectivity index (χ0v) is 11.5. The summed E-state index contributed by atoms with van der Waals surface area (Å²) in [5.74, 6) is 1.76. The third kappa shape index (κ3) is 2.90. The number of carbonyl (C=O) groups is 1. The molecule has 0 aromatic carbocycles. The highest BCUT2D eigenvalue weighted by Crippen LogP contribution is 2.34. The average molecular weight is 237 g/mol. The van der Waals surface area contributed by atoms with Crippen LogP contribution in [0.3, 0.4) is 0 Å². The predicted octanol–water partition coefficient (Wildman–Crippen LogP) is 3.26. The van der Waals surface area contributed by atoms with Gasteiger partial charge in [0.2, 0.25) is 0 Å². The Bertz CT molecular complexity index is 260. The van der Waals surface area contributed by atoms with Gasteiger partial charge in [-0.3, -0.25) is 9.69 Å². The molecule has 0 aromatic rings. The Labute approximate surface area is 106 Å². The van der Waals surface area contributed by atoms with Crippen LogP contribution in [0.4, 0.5) is 0 Å². The Morgan fingerprint density at radius 3 is 2.59 bits per heavy atom. The van der Waals surface area contributed by atoms with Crippen LogP contribution >= 0.6 is 0 Å². The highest BCUT2D eigenvalue weighted by atomic mass is 16.1. The molecule has 2 rings (SSSR count). The molecule has 2 unspecified atom stereocenters. The molecule has 1 saturated heterocycles. The predicted molar refractivity (Wildman–Crippen MR) is 71.0 cm³/mol. The summed E-state index contributed by atoms with van der Waals surface area (Å²) < 4.78 is 0. The lowest BCUT2D eigenvalue weighted by Crippen LogP contribution is -2.40. The second kappa shape index (κ2) is 5.99. The van der Waals surface area contributed by atoms with Gasteiger partial charge in [0.1, 0.15) is 5.78 Å². The van der Waals surface area contributed by atoms with Crippen molar-refractivity contribution >= 4 is 5.78 Å². The molecule has 2 fully saturated rings. The zero-order valence-electron chi connectivity index (χ0n) is 11.5. The SMILES string of the molecule is CCC(CC)CN1CCCC1C1CCCC1=O. The van der Waals surface area contributed by atoms with Crippen LogP contribution in [0.2, 0.25) is 0 Å². The summed E-state index contributed by atoms with van der Waals surface area (Å²) in [5, 5.41) is 0. The molecule has 1 saturated carbocycles. The van der Waals surface area contributed by atoms with E-state index in [1.54, 1.807) is 0 Å². The molecule has 0 N–H and O–H groups in total. The van der Waals surface area contributed by atoms with Gasteiger partial charge in [-0.1, -0.05) is 26.7 Å². The fourth-order valence-electron chi connectivity index (χ4n) is 3.66. The Kier molecular flexibility index (Phi) is 4.61. The van der Waals surface area contributed by atoms with Crippen molar-refractivity contribution in [3.8, 4) is 0 Å². The largest absolute Gasteiger partial charge is 0.299 e. The van der Waals surface area contributed by atoms with Crippen molar-refractivity contribution in [2.24, 2.45) is 11.8 Å². The van der Waals surface area contributed by atoms with E-state index in [1.807, 2.05) is 0 Å². The zero-order chi connectivity index (χ0) is 12.3. The molecule has 17 heavy (non-hydrogen) atoms. The van der Waals surface area contributed by atoms with Crippen LogP contribution in [-0.2, 0) is 4.79 Å². The fraction of sp³-hybridized carbons (Fsp3) is 0.933. The van der Waals surface area contributed by atoms with Crippen molar-refractivity contribution in [1.82, 2.24) is 4.90 Å². The Balaban J connectivity index is 1.94. The van der Waals surface area contributed by atoms with E-state index >= 15 is 0 Å². The van der Waals surface area contributed by atoms with Gasteiger partial charge in [-0.15, -0.1) is 0 Å². The third-order valence-electron chi connectivity index (χ3n) is 4.88. The normalized spacial score (nSPS) is 30.6. The van der Waals surface area contributed by atoms with E-state index in [0.29, 0.717) is 17.7 Å². The maximum atomic E-state index is 11.9. The highest BCUT2D eigenvalue weighted by molar-refractivity contribution is 5.83. The van der Waals surface area contributed by atoms with Crippen molar-refractivity contribution in [2.45, 2.75) is 64.8 Å². The lowest BCUT2D eigenvalue weighted by Gasteiger charge is -2.31. The summed E-state index contributed by atoms with van der Waals surface area (Å²) in [5.41, 5.74) is 0. The van der Waals surface area contributed by atoms with Gasteiger partial charge in [-0.2, -0.15) is 0 Å². The van der Waals surface area contributed by atoms with Gasteiger partial charge < -0.3 is 0 Å². The van der Waals surface area contributed by atoms with Crippen LogP contribution in [0.1, 0.15) is 58.8 Å². The number of likely N-dealkylation sites (tertiary alicyclic amines) is 1. The highest BCUT2D eigenvalue weighted by Gasteiger charge is 2.38. The van der Waals surface area contributed by atoms with E-state index in [2.05, 4.69) is 18.7 Å². The average Bonchev–Trinajstić information content (AvgIpc) is 2.94. The molecule has 1 aliphatic heterocycles. The summed E-state index contributed by atoms with van der Waals surface area (Å²) in [6.07, 6.45) is 8.25. The van der Waals surface area contributed by atoms with Crippen molar-refractivity contribution in [2.75, 3.05) is 13.1 Å². The van der Waals surface area contributed by atoms with E-state index in [-0.39, 0.29) is 0 Å². The first-order chi connectivity index (χ1) is 8.26. The molecule has 1 heterocycles. The lowest BCUT2D eigenvalue weighted by molar-refractivity contribution is -0.122. The fourth-order valence-corrected chi connectivity index (χ4v) is 3.66. The quantitative estimate of drug-likeness (QED) is 0.731. The summed E-state index contributed by atoms with van der Waals surface area (Å²) in [6.45, 7) is 7.03. The van der Waals surface area contributed by atoms with Crippen LogP contribution in [0, 0.1) is 11.8 Å². The number of rotatable bonds is 5. The second-order valence-corrected chi connectivity index (χ2v) is 5.85. The summed E-state index contributed by atoms with van der Waals surface area (Å²) in [7, 11) is 0. The maximum Gasteiger partial charge on any atom is 0.137 e. The number of carbonyl (C=O) groups excluding carboxylic acids is 1. The molecular formula is C15H27NO. The van der Waals surface area contributed by atoms with Gasteiger partial charge in [0.15, 0.2) is 0 Å². The Morgan fingerprint density at radius 2 is 2.00 bits per heavy atom. The van der Waals surface area contributed by atoms with Gasteiger partial charge >= 0.3 is 0 Å². The molecule has 2 nitrogen and oxygen atoms in total. The molecule has 2 heteroatoms. The molecule has 0 aromatic heterocycles. The van der Waals surface area contributed by atoms with Crippen LogP contribution in [0.15, 0.2) is 0 Å².